The van der Waals surface area contributed by atoms with Crippen LogP contribution in [0.15, 0.2) is 103 Å². The van der Waals surface area contributed by atoms with E-state index in [1.807, 2.05) is 19.1 Å². The molecule has 0 saturated heterocycles. The molecule has 4 rings (SSSR count). The molecular weight excluding hydrogens is 452 g/mol. The van der Waals surface area contributed by atoms with Gasteiger partial charge < -0.3 is 9.84 Å². The van der Waals surface area contributed by atoms with Crippen molar-refractivity contribution >= 4 is 0 Å². The Morgan fingerprint density at radius 3 is 1.27 bits per heavy atom. The van der Waals surface area contributed by atoms with Crippen LogP contribution in [0.25, 0.3) is 0 Å². The fourth-order valence-electron chi connectivity index (χ4n) is 4.68. The topological polar surface area (TPSA) is 29.5 Å². The second-order valence-corrected chi connectivity index (χ2v) is 9.64. The van der Waals surface area contributed by atoms with Gasteiger partial charge in [0.25, 0.3) is 0 Å². The molecule has 0 aromatic heterocycles. The molecule has 2 nitrogen and oxygen atoms in total. The Kier molecular flexibility index (Phi) is 11.0. The molecule has 0 amide bonds. The average Bonchev–Trinajstić information content (AvgIpc) is 2.97. The summed E-state index contributed by atoms with van der Waals surface area (Å²) in [4.78, 5) is 0. The predicted octanol–water partition coefficient (Wildman–Crippen LogP) is 9.28. The van der Waals surface area contributed by atoms with E-state index in [1.54, 1.807) is 0 Å². The van der Waals surface area contributed by atoms with Crippen LogP contribution in [-0.2, 0) is 4.74 Å². The van der Waals surface area contributed by atoms with E-state index in [0.29, 0.717) is 5.75 Å². The lowest BCUT2D eigenvalue weighted by Crippen LogP contribution is -2.06. The van der Waals surface area contributed by atoms with E-state index in [2.05, 4.69) is 119 Å². The first-order valence-corrected chi connectivity index (χ1v) is 13.6. The molecule has 0 aliphatic heterocycles. The van der Waals surface area contributed by atoms with Crippen molar-refractivity contribution in [2.24, 2.45) is 0 Å². The highest BCUT2D eigenvalue weighted by Crippen LogP contribution is 2.41. The molecule has 4 aromatic rings. The minimum atomic E-state index is 0.103. The van der Waals surface area contributed by atoms with Crippen LogP contribution in [0.3, 0.4) is 0 Å². The van der Waals surface area contributed by atoms with Crippen molar-refractivity contribution in [1.29, 1.82) is 0 Å². The van der Waals surface area contributed by atoms with E-state index in [4.69, 9.17) is 4.74 Å². The zero-order chi connectivity index (χ0) is 26.6. The molecule has 0 aliphatic rings. The van der Waals surface area contributed by atoms with Crippen molar-refractivity contribution < 1.29 is 9.84 Å². The maximum atomic E-state index is 11.4. The molecule has 4 aromatic carbocycles. The van der Waals surface area contributed by atoms with Gasteiger partial charge in [-0.25, -0.2) is 0 Å². The van der Waals surface area contributed by atoms with Gasteiger partial charge in [0.15, 0.2) is 0 Å². The molecule has 0 heterocycles. The number of aromatic hydroxyl groups is 1. The third-order valence-corrected chi connectivity index (χ3v) is 7.08. The molecule has 0 aliphatic carbocycles. The minimum Gasteiger partial charge on any atom is -0.507 e. The SMILES string of the molecule is CC(c1ccccc1)c1cc(C(C)c2ccccc2)c(O)c(C(C)c2ccccc2)c1.CCCOCC. The predicted molar refractivity (Wildman–Crippen MR) is 157 cm³/mol. The Labute approximate surface area is 224 Å². The van der Waals surface area contributed by atoms with E-state index in [0.717, 1.165) is 30.8 Å². The molecule has 2 heteroatoms. The van der Waals surface area contributed by atoms with Crippen molar-refractivity contribution in [3.05, 3.63) is 137 Å². The minimum absolute atomic E-state index is 0.103. The summed E-state index contributed by atoms with van der Waals surface area (Å²) in [5, 5.41) is 11.4. The first-order chi connectivity index (χ1) is 18.0. The van der Waals surface area contributed by atoms with Crippen LogP contribution in [0.2, 0.25) is 0 Å². The highest BCUT2D eigenvalue weighted by Gasteiger charge is 2.23. The normalized spacial score (nSPS) is 13.2. The molecule has 0 saturated carbocycles. The van der Waals surface area contributed by atoms with Gasteiger partial charge >= 0.3 is 0 Å². The standard InChI is InChI=1S/C30H30O.C5H12O/c1-21(24-13-7-4-8-14-24)27-19-28(22(2)25-15-9-5-10-16-25)30(31)29(20-27)23(3)26-17-11-6-12-18-26;1-3-5-6-4-2/h4-23,31H,1-3H3;3-5H2,1-2H3. The van der Waals surface area contributed by atoms with Crippen LogP contribution in [0.1, 0.15) is 92.2 Å². The van der Waals surface area contributed by atoms with Crippen LogP contribution in [-0.4, -0.2) is 18.3 Å². The van der Waals surface area contributed by atoms with Gasteiger partial charge in [0.2, 0.25) is 0 Å². The Bertz CT molecular complexity index is 1120. The van der Waals surface area contributed by atoms with Crippen molar-refractivity contribution in [3.63, 3.8) is 0 Å². The summed E-state index contributed by atoms with van der Waals surface area (Å²) in [6.45, 7) is 12.5. The molecular formula is C35H42O2. The Morgan fingerprint density at radius 2 is 0.946 bits per heavy atom. The Hall–Kier alpha value is -3.36. The average molecular weight is 495 g/mol. The molecule has 0 fully saturated rings. The Morgan fingerprint density at radius 1 is 0.568 bits per heavy atom. The number of phenolic OH excluding ortho intramolecular Hbond substituents is 1. The summed E-state index contributed by atoms with van der Waals surface area (Å²) >= 11 is 0. The van der Waals surface area contributed by atoms with E-state index >= 15 is 0 Å². The van der Waals surface area contributed by atoms with E-state index in [9.17, 15) is 5.11 Å². The van der Waals surface area contributed by atoms with Gasteiger partial charge in [-0.05, 0) is 35.6 Å². The van der Waals surface area contributed by atoms with Gasteiger partial charge in [0, 0.05) is 42.1 Å². The van der Waals surface area contributed by atoms with Crippen molar-refractivity contribution in [1.82, 2.24) is 0 Å². The first-order valence-electron chi connectivity index (χ1n) is 13.6. The fourth-order valence-corrected chi connectivity index (χ4v) is 4.68. The van der Waals surface area contributed by atoms with Crippen molar-refractivity contribution in [3.8, 4) is 5.75 Å². The highest BCUT2D eigenvalue weighted by molar-refractivity contribution is 5.53. The molecule has 37 heavy (non-hydrogen) atoms. The monoisotopic (exact) mass is 494 g/mol. The van der Waals surface area contributed by atoms with Crippen LogP contribution in [0, 0.1) is 0 Å². The smallest absolute Gasteiger partial charge is 0.123 e. The molecule has 3 atom stereocenters. The number of phenols is 1. The quantitative estimate of drug-likeness (QED) is 0.235. The third-order valence-electron chi connectivity index (χ3n) is 7.08. The summed E-state index contributed by atoms with van der Waals surface area (Å²) in [6.07, 6.45) is 1.13. The van der Waals surface area contributed by atoms with Gasteiger partial charge in [-0.15, -0.1) is 0 Å². The van der Waals surface area contributed by atoms with Gasteiger partial charge in [-0.1, -0.05) is 131 Å². The molecule has 194 valence electrons. The van der Waals surface area contributed by atoms with Crippen LogP contribution in [0.4, 0.5) is 0 Å². The first kappa shape index (κ1) is 28.2. The van der Waals surface area contributed by atoms with Gasteiger partial charge in [0.05, 0.1) is 0 Å². The van der Waals surface area contributed by atoms with Gasteiger partial charge in [-0.2, -0.15) is 0 Å². The lowest BCUT2D eigenvalue weighted by molar-refractivity contribution is 0.148. The number of ether oxygens (including phenoxy) is 1. The number of hydrogen-bond donors (Lipinski definition) is 1. The number of benzene rings is 4. The lowest BCUT2D eigenvalue weighted by Gasteiger charge is -2.24. The summed E-state index contributed by atoms with van der Waals surface area (Å²) < 4.78 is 4.98. The lowest BCUT2D eigenvalue weighted by atomic mass is 9.82. The van der Waals surface area contributed by atoms with E-state index in [1.165, 1.54) is 22.3 Å². The van der Waals surface area contributed by atoms with Gasteiger partial charge in [-0.3, -0.25) is 0 Å². The molecule has 0 bridgehead atoms. The zero-order valence-electron chi connectivity index (χ0n) is 23.0. The largest absolute Gasteiger partial charge is 0.507 e. The van der Waals surface area contributed by atoms with Crippen LogP contribution < -0.4 is 0 Å². The van der Waals surface area contributed by atoms with Crippen molar-refractivity contribution in [2.45, 2.75) is 58.8 Å². The third kappa shape index (κ3) is 7.57. The number of hydrogen-bond acceptors (Lipinski definition) is 2. The highest BCUT2D eigenvalue weighted by atomic mass is 16.5. The van der Waals surface area contributed by atoms with Gasteiger partial charge in [0.1, 0.15) is 5.75 Å². The summed E-state index contributed by atoms with van der Waals surface area (Å²) in [5.41, 5.74) is 6.92. The second kappa shape index (κ2) is 14.4. The van der Waals surface area contributed by atoms with Crippen LogP contribution in [0.5, 0.6) is 5.75 Å². The zero-order valence-corrected chi connectivity index (χ0v) is 23.0. The molecule has 3 unspecified atom stereocenters. The summed E-state index contributed by atoms with van der Waals surface area (Å²) in [7, 11) is 0. The van der Waals surface area contributed by atoms with Crippen molar-refractivity contribution in [2.75, 3.05) is 13.2 Å². The maximum absolute atomic E-state index is 11.4. The molecule has 0 spiro atoms. The number of rotatable bonds is 9. The van der Waals surface area contributed by atoms with E-state index < -0.39 is 0 Å². The van der Waals surface area contributed by atoms with Crippen LogP contribution >= 0.6 is 0 Å². The fraction of sp³-hybridized carbons (Fsp3) is 0.314. The summed E-state index contributed by atoms with van der Waals surface area (Å²) in [6, 6.07) is 35.9. The summed E-state index contributed by atoms with van der Waals surface area (Å²) in [5.74, 6) is 0.860. The Balaban J connectivity index is 0.000000568. The molecule has 1 N–H and O–H groups in total. The maximum Gasteiger partial charge on any atom is 0.123 e. The second-order valence-electron chi connectivity index (χ2n) is 9.64. The van der Waals surface area contributed by atoms with E-state index in [-0.39, 0.29) is 17.8 Å². The molecule has 0 radical (unpaired) electrons.